The fourth-order valence-corrected chi connectivity index (χ4v) is 4.00. The Morgan fingerprint density at radius 3 is 1.93 bits per heavy atom. The molecule has 0 unspecified atom stereocenters. The SMILES string of the molecule is CCN1CCN(C2CCN(Cc3ccc(Br)cc3)CC2)CC1.O=C(O)C(=O)O. The molecule has 8 heteroatoms. The summed E-state index contributed by atoms with van der Waals surface area (Å²) in [6.07, 6.45) is 2.67. The van der Waals surface area contributed by atoms with E-state index < -0.39 is 11.9 Å². The number of carboxylic acids is 2. The van der Waals surface area contributed by atoms with Crippen molar-refractivity contribution in [3.05, 3.63) is 34.3 Å². The van der Waals surface area contributed by atoms with Crippen LogP contribution in [0.15, 0.2) is 28.7 Å². The summed E-state index contributed by atoms with van der Waals surface area (Å²) in [4.78, 5) is 26.1. The van der Waals surface area contributed by atoms with E-state index in [0.717, 1.165) is 12.6 Å². The molecule has 0 radical (unpaired) electrons. The zero-order valence-electron chi connectivity index (χ0n) is 16.4. The van der Waals surface area contributed by atoms with E-state index in [1.165, 1.54) is 68.7 Å². The van der Waals surface area contributed by atoms with Gasteiger partial charge in [-0.15, -0.1) is 0 Å². The first-order chi connectivity index (χ1) is 13.4. The second kappa shape index (κ2) is 11.5. The van der Waals surface area contributed by atoms with Gasteiger partial charge in [0.25, 0.3) is 0 Å². The summed E-state index contributed by atoms with van der Waals surface area (Å²) in [5.41, 5.74) is 1.43. The highest BCUT2D eigenvalue weighted by Crippen LogP contribution is 2.20. The zero-order chi connectivity index (χ0) is 20.5. The van der Waals surface area contributed by atoms with Crippen molar-refractivity contribution < 1.29 is 19.8 Å². The molecule has 28 heavy (non-hydrogen) atoms. The van der Waals surface area contributed by atoms with E-state index in [9.17, 15) is 0 Å². The summed E-state index contributed by atoms with van der Waals surface area (Å²) in [5, 5.41) is 14.8. The summed E-state index contributed by atoms with van der Waals surface area (Å²) < 4.78 is 1.17. The lowest BCUT2D eigenvalue weighted by atomic mass is 10.0. The molecule has 2 heterocycles. The van der Waals surface area contributed by atoms with E-state index in [2.05, 4.69) is 61.8 Å². The Bertz CT molecular complexity index is 613. The van der Waals surface area contributed by atoms with Crippen molar-refractivity contribution in [3.63, 3.8) is 0 Å². The number of likely N-dealkylation sites (tertiary alicyclic amines) is 1. The second-order valence-corrected chi connectivity index (χ2v) is 8.13. The Kier molecular flexibility index (Phi) is 9.37. The normalized spacial score (nSPS) is 19.6. The minimum Gasteiger partial charge on any atom is -0.473 e. The molecule has 2 aliphatic rings. The second-order valence-electron chi connectivity index (χ2n) is 7.21. The smallest absolute Gasteiger partial charge is 0.414 e. The van der Waals surface area contributed by atoms with Crippen molar-refractivity contribution in [1.29, 1.82) is 0 Å². The third-order valence-corrected chi connectivity index (χ3v) is 5.96. The molecule has 2 fully saturated rings. The van der Waals surface area contributed by atoms with Crippen molar-refractivity contribution in [1.82, 2.24) is 14.7 Å². The van der Waals surface area contributed by atoms with E-state index in [0.29, 0.717) is 0 Å². The summed E-state index contributed by atoms with van der Waals surface area (Å²) >= 11 is 3.51. The predicted molar refractivity (Wildman–Crippen MR) is 111 cm³/mol. The Morgan fingerprint density at radius 1 is 0.929 bits per heavy atom. The van der Waals surface area contributed by atoms with Crippen LogP contribution in [0.5, 0.6) is 0 Å². The molecule has 3 rings (SSSR count). The summed E-state index contributed by atoms with van der Waals surface area (Å²) in [6.45, 7) is 12.1. The first-order valence-electron chi connectivity index (χ1n) is 9.78. The molecule has 0 amide bonds. The van der Waals surface area contributed by atoms with E-state index in [1.807, 2.05) is 0 Å². The third-order valence-electron chi connectivity index (χ3n) is 5.43. The molecule has 2 N–H and O–H groups in total. The van der Waals surface area contributed by atoms with Gasteiger partial charge in [-0.05, 0) is 50.2 Å². The van der Waals surface area contributed by atoms with Gasteiger partial charge in [-0.3, -0.25) is 9.80 Å². The number of carboxylic acid groups (broad SMARTS) is 2. The van der Waals surface area contributed by atoms with Crippen LogP contribution in [-0.2, 0) is 16.1 Å². The van der Waals surface area contributed by atoms with Crippen LogP contribution >= 0.6 is 15.9 Å². The van der Waals surface area contributed by atoms with Crippen LogP contribution in [-0.4, -0.2) is 88.7 Å². The molecule has 0 bridgehead atoms. The van der Waals surface area contributed by atoms with Crippen LogP contribution < -0.4 is 0 Å². The van der Waals surface area contributed by atoms with Crippen LogP contribution in [0, 0.1) is 0 Å². The monoisotopic (exact) mass is 455 g/mol. The van der Waals surface area contributed by atoms with Crippen molar-refractivity contribution >= 4 is 27.9 Å². The molecule has 1 aromatic rings. The van der Waals surface area contributed by atoms with E-state index >= 15 is 0 Å². The molecular weight excluding hydrogens is 426 g/mol. The fraction of sp³-hybridized carbons (Fsp3) is 0.600. The average molecular weight is 456 g/mol. The lowest BCUT2D eigenvalue weighted by Gasteiger charge is -2.42. The standard InChI is InChI=1S/C18H28BrN3.C2H2O4/c1-2-20-11-13-22(14-12-20)18-7-9-21(10-8-18)15-16-3-5-17(19)6-4-16;3-1(4)2(5)6/h3-6,18H,2,7-15H2,1H3;(H,3,4)(H,5,6). The van der Waals surface area contributed by atoms with Crippen LogP contribution in [0.4, 0.5) is 0 Å². The molecule has 0 aliphatic carbocycles. The van der Waals surface area contributed by atoms with Crippen molar-refractivity contribution in [2.45, 2.75) is 32.4 Å². The van der Waals surface area contributed by atoms with Gasteiger partial charge in [0.2, 0.25) is 0 Å². The largest absolute Gasteiger partial charge is 0.473 e. The van der Waals surface area contributed by atoms with Gasteiger partial charge >= 0.3 is 11.9 Å². The number of piperazine rings is 1. The number of nitrogens with zero attached hydrogens (tertiary/aromatic N) is 3. The highest BCUT2D eigenvalue weighted by atomic mass is 79.9. The fourth-order valence-electron chi connectivity index (χ4n) is 3.74. The summed E-state index contributed by atoms with van der Waals surface area (Å²) in [6, 6.07) is 9.59. The maximum absolute atomic E-state index is 9.10. The molecular formula is C20H30BrN3O4. The van der Waals surface area contributed by atoms with Crippen molar-refractivity contribution in [2.75, 3.05) is 45.8 Å². The molecule has 0 aromatic heterocycles. The van der Waals surface area contributed by atoms with Gasteiger partial charge in [0, 0.05) is 43.2 Å². The number of rotatable bonds is 4. The summed E-state index contributed by atoms with van der Waals surface area (Å²) in [5.74, 6) is -3.65. The van der Waals surface area contributed by atoms with E-state index in [4.69, 9.17) is 19.8 Å². The minimum absolute atomic E-state index is 0.820. The number of carbonyl (C=O) groups is 2. The third kappa shape index (κ3) is 7.50. The van der Waals surface area contributed by atoms with Gasteiger partial charge in [-0.25, -0.2) is 9.59 Å². The number of hydrogen-bond donors (Lipinski definition) is 2. The number of likely N-dealkylation sites (N-methyl/N-ethyl adjacent to an activating group) is 1. The maximum Gasteiger partial charge on any atom is 0.414 e. The molecule has 0 atom stereocenters. The lowest BCUT2D eigenvalue weighted by Crippen LogP contribution is -2.52. The Balaban J connectivity index is 0.000000409. The van der Waals surface area contributed by atoms with E-state index in [1.54, 1.807) is 0 Å². The average Bonchev–Trinajstić information content (AvgIpc) is 2.71. The molecule has 0 spiro atoms. The van der Waals surface area contributed by atoms with Gasteiger partial charge in [0.05, 0.1) is 0 Å². The van der Waals surface area contributed by atoms with Crippen molar-refractivity contribution in [2.24, 2.45) is 0 Å². The molecule has 2 aliphatic heterocycles. The minimum atomic E-state index is -1.82. The quantitative estimate of drug-likeness (QED) is 0.673. The first-order valence-corrected chi connectivity index (χ1v) is 10.6. The topological polar surface area (TPSA) is 84.3 Å². The number of aliphatic carboxylic acids is 2. The Hall–Kier alpha value is -1.48. The van der Waals surface area contributed by atoms with E-state index in [-0.39, 0.29) is 0 Å². The first kappa shape index (κ1) is 22.8. The highest BCUT2D eigenvalue weighted by molar-refractivity contribution is 9.10. The number of halogens is 1. The molecule has 0 saturated carbocycles. The number of piperidine rings is 1. The Labute approximate surface area is 175 Å². The van der Waals surface area contributed by atoms with Gasteiger partial charge in [-0.1, -0.05) is 35.0 Å². The molecule has 7 nitrogen and oxygen atoms in total. The lowest BCUT2D eigenvalue weighted by molar-refractivity contribution is -0.159. The number of hydrogen-bond acceptors (Lipinski definition) is 5. The maximum atomic E-state index is 9.10. The summed E-state index contributed by atoms with van der Waals surface area (Å²) in [7, 11) is 0. The Morgan fingerprint density at radius 2 is 1.46 bits per heavy atom. The van der Waals surface area contributed by atoms with Crippen LogP contribution in [0.2, 0.25) is 0 Å². The predicted octanol–water partition coefficient (Wildman–Crippen LogP) is 2.21. The van der Waals surface area contributed by atoms with Crippen molar-refractivity contribution in [3.8, 4) is 0 Å². The molecule has 156 valence electrons. The number of benzene rings is 1. The van der Waals surface area contributed by atoms with Gasteiger partial charge < -0.3 is 15.1 Å². The van der Waals surface area contributed by atoms with Crippen LogP contribution in [0.25, 0.3) is 0 Å². The molecule has 1 aromatic carbocycles. The van der Waals surface area contributed by atoms with Crippen LogP contribution in [0.1, 0.15) is 25.3 Å². The molecule has 2 saturated heterocycles. The van der Waals surface area contributed by atoms with Crippen LogP contribution in [0.3, 0.4) is 0 Å². The van der Waals surface area contributed by atoms with Gasteiger partial charge in [0.15, 0.2) is 0 Å². The zero-order valence-corrected chi connectivity index (χ0v) is 18.0. The van der Waals surface area contributed by atoms with Gasteiger partial charge in [-0.2, -0.15) is 0 Å². The highest BCUT2D eigenvalue weighted by Gasteiger charge is 2.26. The van der Waals surface area contributed by atoms with Gasteiger partial charge in [0.1, 0.15) is 0 Å².